The van der Waals surface area contributed by atoms with Crippen molar-refractivity contribution < 1.29 is 5.11 Å². The first kappa shape index (κ1) is 9.44. The Kier molecular flexibility index (Phi) is 3.19. The van der Waals surface area contributed by atoms with E-state index in [4.69, 9.17) is 0 Å². The van der Waals surface area contributed by atoms with Gasteiger partial charge in [-0.3, -0.25) is 0 Å². The Hall–Kier alpha value is -0.120. The van der Waals surface area contributed by atoms with Gasteiger partial charge in [0.1, 0.15) is 0 Å². The summed E-state index contributed by atoms with van der Waals surface area (Å²) in [7, 11) is 0. The molecule has 0 aromatic rings. The van der Waals surface area contributed by atoms with Gasteiger partial charge in [-0.1, -0.05) is 12.8 Å². The number of aliphatic hydroxyl groups excluding tert-OH is 1. The molecule has 76 valence electrons. The van der Waals surface area contributed by atoms with Crippen LogP contribution in [0.4, 0.5) is 0 Å². The van der Waals surface area contributed by atoms with Gasteiger partial charge in [-0.15, -0.1) is 0 Å². The Bertz CT molecular complexity index is 157. The molecule has 0 aromatic carbocycles. The van der Waals surface area contributed by atoms with Crippen LogP contribution in [0.5, 0.6) is 0 Å². The van der Waals surface area contributed by atoms with Gasteiger partial charge in [-0.25, -0.2) is 0 Å². The van der Waals surface area contributed by atoms with Crippen LogP contribution in [0.25, 0.3) is 0 Å². The molecule has 1 aliphatic heterocycles. The van der Waals surface area contributed by atoms with Gasteiger partial charge in [0.05, 0.1) is 6.10 Å². The lowest BCUT2D eigenvalue weighted by molar-refractivity contribution is 0.193. The molecule has 0 spiro atoms. The highest BCUT2D eigenvalue weighted by molar-refractivity contribution is 4.84. The lowest BCUT2D eigenvalue weighted by Crippen LogP contribution is -2.38. The maximum atomic E-state index is 9.30. The highest BCUT2D eigenvalue weighted by atomic mass is 16.3. The van der Waals surface area contributed by atoms with Gasteiger partial charge in [0, 0.05) is 25.2 Å². The molecule has 2 unspecified atom stereocenters. The zero-order chi connectivity index (χ0) is 9.10. The maximum absolute atomic E-state index is 9.30. The second-order valence-electron chi connectivity index (χ2n) is 4.38. The largest absolute Gasteiger partial charge is 0.392 e. The number of hydrogen-bond donors (Lipinski definition) is 3. The van der Waals surface area contributed by atoms with Crippen molar-refractivity contribution in [1.29, 1.82) is 0 Å². The number of rotatable bonds is 3. The second kappa shape index (κ2) is 4.40. The maximum Gasteiger partial charge on any atom is 0.0680 e. The van der Waals surface area contributed by atoms with Crippen LogP contribution in [0.3, 0.4) is 0 Å². The molecular formula is C10H20N2O. The molecule has 2 atom stereocenters. The molecule has 1 saturated carbocycles. The predicted octanol–water partition coefficient (Wildman–Crippen LogP) is 0.241. The summed E-state index contributed by atoms with van der Waals surface area (Å²) in [5.41, 5.74) is 0. The summed E-state index contributed by atoms with van der Waals surface area (Å²) in [6.45, 7) is 1.80. The minimum Gasteiger partial charge on any atom is -0.392 e. The molecule has 1 saturated heterocycles. The third kappa shape index (κ3) is 2.66. The van der Waals surface area contributed by atoms with E-state index in [2.05, 4.69) is 10.6 Å². The topological polar surface area (TPSA) is 44.3 Å². The molecule has 13 heavy (non-hydrogen) atoms. The molecular weight excluding hydrogens is 164 g/mol. The SMILES string of the molecule is OC1CNC(CNC2CCCC2)C1. The van der Waals surface area contributed by atoms with Crippen LogP contribution < -0.4 is 10.6 Å². The lowest BCUT2D eigenvalue weighted by atomic mass is 10.2. The van der Waals surface area contributed by atoms with Crippen LogP contribution in [0.1, 0.15) is 32.1 Å². The van der Waals surface area contributed by atoms with Crippen LogP contribution in [0.2, 0.25) is 0 Å². The first-order valence-electron chi connectivity index (χ1n) is 5.49. The summed E-state index contributed by atoms with van der Waals surface area (Å²) in [6, 6.07) is 1.25. The monoisotopic (exact) mass is 184 g/mol. The minimum atomic E-state index is -0.115. The van der Waals surface area contributed by atoms with Gasteiger partial charge < -0.3 is 15.7 Å². The first-order chi connectivity index (χ1) is 6.34. The van der Waals surface area contributed by atoms with E-state index in [1.807, 2.05) is 0 Å². The molecule has 2 fully saturated rings. The summed E-state index contributed by atoms with van der Waals surface area (Å²) in [5.74, 6) is 0. The zero-order valence-electron chi connectivity index (χ0n) is 8.13. The molecule has 0 amide bonds. The fourth-order valence-electron chi connectivity index (χ4n) is 2.39. The molecule has 2 aliphatic rings. The van der Waals surface area contributed by atoms with Gasteiger partial charge in [-0.05, 0) is 19.3 Å². The van der Waals surface area contributed by atoms with Crippen molar-refractivity contribution in [3.8, 4) is 0 Å². The molecule has 2 rings (SSSR count). The van der Waals surface area contributed by atoms with Crippen molar-refractivity contribution in [1.82, 2.24) is 10.6 Å². The van der Waals surface area contributed by atoms with E-state index in [-0.39, 0.29) is 6.10 Å². The third-order valence-corrected chi connectivity index (χ3v) is 3.21. The second-order valence-corrected chi connectivity index (χ2v) is 4.38. The standard InChI is InChI=1S/C10H20N2O/c13-10-5-9(12-7-10)6-11-8-3-1-2-4-8/h8-13H,1-7H2. The van der Waals surface area contributed by atoms with Crippen LogP contribution in [0.15, 0.2) is 0 Å². The number of β-amino-alcohol motifs (C(OH)–C–C–N with tert-alkyl or cyclic N) is 1. The van der Waals surface area contributed by atoms with E-state index in [0.29, 0.717) is 6.04 Å². The van der Waals surface area contributed by atoms with Gasteiger partial charge in [-0.2, -0.15) is 0 Å². The first-order valence-corrected chi connectivity index (χ1v) is 5.49. The van der Waals surface area contributed by atoms with E-state index >= 15 is 0 Å². The van der Waals surface area contributed by atoms with Crippen LogP contribution >= 0.6 is 0 Å². The number of aliphatic hydroxyl groups is 1. The average molecular weight is 184 g/mol. The third-order valence-electron chi connectivity index (χ3n) is 3.21. The Balaban J connectivity index is 1.62. The van der Waals surface area contributed by atoms with Crippen molar-refractivity contribution in [2.45, 2.75) is 50.3 Å². The van der Waals surface area contributed by atoms with E-state index in [1.54, 1.807) is 0 Å². The highest BCUT2D eigenvalue weighted by Gasteiger charge is 2.23. The molecule has 1 aliphatic carbocycles. The van der Waals surface area contributed by atoms with Crippen molar-refractivity contribution in [3.05, 3.63) is 0 Å². The molecule has 3 heteroatoms. The number of nitrogens with one attached hydrogen (secondary N) is 2. The quantitative estimate of drug-likeness (QED) is 0.589. The molecule has 0 radical (unpaired) electrons. The van der Waals surface area contributed by atoms with Crippen molar-refractivity contribution >= 4 is 0 Å². The molecule has 1 heterocycles. The summed E-state index contributed by atoms with van der Waals surface area (Å²) < 4.78 is 0. The van der Waals surface area contributed by atoms with Gasteiger partial charge >= 0.3 is 0 Å². The molecule has 3 N–H and O–H groups in total. The fourth-order valence-corrected chi connectivity index (χ4v) is 2.39. The molecule has 0 bridgehead atoms. The van der Waals surface area contributed by atoms with Crippen LogP contribution in [-0.2, 0) is 0 Å². The van der Waals surface area contributed by atoms with Crippen LogP contribution in [-0.4, -0.2) is 36.4 Å². The van der Waals surface area contributed by atoms with Gasteiger partial charge in [0.25, 0.3) is 0 Å². The molecule has 3 nitrogen and oxygen atoms in total. The average Bonchev–Trinajstić information content (AvgIpc) is 2.71. The van der Waals surface area contributed by atoms with Crippen LogP contribution in [0, 0.1) is 0 Å². The van der Waals surface area contributed by atoms with Crippen molar-refractivity contribution in [2.24, 2.45) is 0 Å². The van der Waals surface area contributed by atoms with E-state index in [1.165, 1.54) is 25.7 Å². The zero-order valence-corrected chi connectivity index (χ0v) is 8.13. The van der Waals surface area contributed by atoms with Gasteiger partial charge in [0.15, 0.2) is 0 Å². The smallest absolute Gasteiger partial charge is 0.0680 e. The van der Waals surface area contributed by atoms with Gasteiger partial charge in [0.2, 0.25) is 0 Å². The van der Waals surface area contributed by atoms with Crippen molar-refractivity contribution in [2.75, 3.05) is 13.1 Å². The predicted molar refractivity (Wildman–Crippen MR) is 52.7 cm³/mol. The minimum absolute atomic E-state index is 0.115. The fraction of sp³-hybridized carbons (Fsp3) is 1.00. The normalized spacial score (nSPS) is 35.8. The summed E-state index contributed by atoms with van der Waals surface area (Å²) in [5, 5.41) is 16.2. The Morgan fingerprint density at radius 2 is 2.08 bits per heavy atom. The summed E-state index contributed by atoms with van der Waals surface area (Å²) >= 11 is 0. The Morgan fingerprint density at radius 1 is 1.31 bits per heavy atom. The van der Waals surface area contributed by atoms with E-state index in [9.17, 15) is 5.11 Å². The number of hydrogen-bond acceptors (Lipinski definition) is 3. The highest BCUT2D eigenvalue weighted by Crippen LogP contribution is 2.17. The van der Waals surface area contributed by atoms with Crippen molar-refractivity contribution in [3.63, 3.8) is 0 Å². The molecule has 0 aromatic heterocycles. The summed E-state index contributed by atoms with van der Waals surface area (Å²) in [4.78, 5) is 0. The van der Waals surface area contributed by atoms with E-state index < -0.39 is 0 Å². The Labute approximate surface area is 79.9 Å². The lowest BCUT2D eigenvalue weighted by Gasteiger charge is -2.15. The Morgan fingerprint density at radius 3 is 2.69 bits per heavy atom. The summed E-state index contributed by atoms with van der Waals surface area (Å²) in [6.07, 6.45) is 6.26. The van der Waals surface area contributed by atoms with E-state index in [0.717, 1.165) is 25.6 Å².